The lowest BCUT2D eigenvalue weighted by atomic mass is 9.88. The molecule has 0 saturated carbocycles. The summed E-state index contributed by atoms with van der Waals surface area (Å²) >= 11 is 0. The van der Waals surface area contributed by atoms with Crippen LogP contribution < -0.4 is 11.1 Å². The molecule has 28 heavy (non-hydrogen) atoms. The van der Waals surface area contributed by atoms with Gasteiger partial charge >= 0.3 is 5.97 Å². The third-order valence-electron chi connectivity index (χ3n) is 5.94. The van der Waals surface area contributed by atoms with Gasteiger partial charge in [0, 0.05) is 36.7 Å². The number of Topliss-reactive ketones (excluding diaryl/α,β-unsaturated/α-hetero) is 1. The smallest absolute Gasteiger partial charge is 0.337 e. The van der Waals surface area contributed by atoms with Crippen molar-refractivity contribution in [2.24, 2.45) is 11.8 Å². The van der Waals surface area contributed by atoms with Crippen molar-refractivity contribution in [1.82, 2.24) is 10.2 Å². The molecular formula is C21H29N3O4. The van der Waals surface area contributed by atoms with Crippen LogP contribution in [0.25, 0.3) is 0 Å². The minimum Gasteiger partial charge on any atom is -0.478 e. The fourth-order valence-electron chi connectivity index (χ4n) is 4.22. The number of carboxylic acid groups (broad SMARTS) is 1. The fraction of sp³-hybridized carbons (Fsp3) is 0.571. The zero-order valence-electron chi connectivity index (χ0n) is 16.2. The monoisotopic (exact) mass is 387 g/mol. The Bertz CT molecular complexity index is 743. The molecule has 2 aliphatic rings. The van der Waals surface area contributed by atoms with Crippen LogP contribution in [0.4, 0.5) is 5.69 Å². The molecule has 1 amide bonds. The van der Waals surface area contributed by atoms with Gasteiger partial charge in [-0.1, -0.05) is 6.07 Å². The van der Waals surface area contributed by atoms with Gasteiger partial charge < -0.3 is 21.1 Å². The molecule has 4 N–H and O–H groups in total. The zero-order valence-corrected chi connectivity index (χ0v) is 16.2. The Morgan fingerprint density at radius 1 is 1.18 bits per heavy atom. The van der Waals surface area contributed by atoms with E-state index in [9.17, 15) is 14.4 Å². The number of ketones is 1. The molecule has 152 valence electrons. The summed E-state index contributed by atoms with van der Waals surface area (Å²) in [5.41, 5.74) is 6.27. The number of nitrogens with one attached hydrogen (secondary N) is 1. The summed E-state index contributed by atoms with van der Waals surface area (Å²) in [4.78, 5) is 38.4. The van der Waals surface area contributed by atoms with E-state index in [-0.39, 0.29) is 28.9 Å². The van der Waals surface area contributed by atoms with Crippen LogP contribution in [0.5, 0.6) is 0 Å². The van der Waals surface area contributed by atoms with Crippen molar-refractivity contribution in [3.8, 4) is 0 Å². The summed E-state index contributed by atoms with van der Waals surface area (Å²) in [5, 5.41) is 12.4. The molecule has 1 aromatic rings. The lowest BCUT2D eigenvalue weighted by Crippen LogP contribution is -2.42. The minimum absolute atomic E-state index is 0.00471. The summed E-state index contributed by atoms with van der Waals surface area (Å²) in [6.07, 6.45) is 5.26. The number of likely N-dealkylation sites (tertiary alicyclic amines) is 1. The highest BCUT2D eigenvalue weighted by Gasteiger charge is 2.29. The topological polar surface area (TPSA) is 113 Å². The van der Waals surface area contributed by atoms with Crippen LogP contribution in [0.15, 0.2) is 18.2 Å². The summed E-state index contributed by atoms with van der Waals surface area (Å²) < 4.78 is 0. The van der Waals surface area contributed by atoms with Gasteiger partial charge in [-0.3, -0.25) is 9.59 Å². The van der Waals surface area contributed by atoms with Crippen LogP contribution in [0, 0.1) is 11.8 Å². The maximum atomic E-state index is 12.9. The van der Waals surface area contributed by atoms with Gasteiger partial charge in [-0.25, -0.2) is 4.79 Å². The molecule has 2 heterocycles. The summed E-state index contributed by atoms with van der Waals surface area (Å²) in [6.45, 7) is 3.20. The molecule has 0 aliphatic carbocycles. The second-order valence-electron chi connectivity index (χ2n) is 7.88. The first-order valence-electron chi connectivity index (χ1n) is 10.1. The van der Waals surface area contributed by atoms with Gasteiger partial charge in [0.05, 0.1) is 5.56 Å². The Kier molecular flexibility index (Phi) is 6.67. The number of hydrogen-bond acceptors (Lipinski definition) is 5. The normalized spacial score (nSPS) is 20.7. The van der Waals surface area contributed by atoms with Crippen molar-refractivity contribution in [3.63, 3.8) is 0 Å². The highest BCUT2D eigenvalue weighted by molar-refractivity contribution is 6.01. The van der Waals surface area contributed by atoms with Crippen LogP contribution in [-0.2, 0) is 4.79 Å². The molecular weight excluding hydrogens is 358 g/mol. The molecule has 7 nitrogen and oxygen atoms in total. The molecule has 0 radical (unpaired) electrons. The predicted molar refractivity (Wildman–Crippen MR) is 106 cm³/mol. The highest BCUT2D eigenvalue weighted by atomic mass is 16.4. The van der Waals surface area contributed by atoms with Crippen molar-refractivity contribution < 1.29 is 19.5 Å². The lowest BCUT2D eigenvalue weighted by molar-refractivity contribution is -0.133. The van der Waals surface area contributed by atoms with Crippen molar-refractivity contribution in [3.05, 3.63) is 29.3 Å². The summed E-state index contributed by atoms with van der Waals surface area (Å²) in [7, 11) is 0. The Hall–Kier alpha value is -2.41. The molecule has 0 aromatic heterocycles. The fourth-order valence-corrected chi connectivity index (χ4v) is 4.22. The summed E-state index contributed by atoms with van der Waals surface area (Å²) in [5.74, 6) is -0.689. The number of carboxylic acids is 1. The zero-order chi connectivity index (χ0) is 20.1. The number of nitrogen functional groups attached to an aromatic ring is 1. The number of benzene rings is 1. The van der Waals surface area contributed by atoms with E-state index in [4.69, 9.17) is 10.8 Å². The standard InChI is InChI=1S/C21H29N3O4/c22-18-12-15(4-5-17(18)21(27)28)20(26)16-2-1-11-24(13-16)19(25)6-3-14-7-9-23-10-8-14/h4-5,12,14,16,23H,1-3,6-11,13,22H2,(H,27,28). The maximum absolute atomic E-state index is 12.9. The number of anilines is 1. The number of piperidine rings is 2. The molecule has 2 saturated heterocycles. The van der Waals surface area contributed by atoms with E-state index in [2.05, 4.69) is 5.32 Å². The van der Waals surface area contributed by atoms with Crippen molar-refractivity contribution >= 4 is 23.3 Å². The van der Waals surface area contributed by atoms with Gasteiger partial charge in [-0.05, 0) is 63.2 Å². The second kappa shape index (κ2) is 9.19. The first kappa shape index (κ1) is 20.3. The van der Waals surface area contributed by atoms with Crippen LogP contribution in [0.3, 0.4) is 0 Å². The third kappa shape index (κ3) is 4.90. The molecule has 3 rings (SSSR count). The van der Waals surface area contributed by atoms with Gasteiger partial charge in [0.1, 0.15) is 0 Å². The number of rotatable bonds is 6. The van der Waals surface area contributed by atoms with E-state index < -0.39 is 5.97 Å². The SMILES string of the molecule is Nc1cc(C(=O)C2CCCN(C(=O)CCC3CCNCC3)C2)ccc1C(=O)O. The van der Waals surface area contributed by atoms with Gasteiger partial charge in [0.25, 0.3) is 0 Å². The number of amides is 1. The maximum Gasteiger partial charge on any atom is 0.337 e. The molecule has 2 fully saturated rings. The third-order valence-corrected chi connectivity index (χ3v) is 5.94. The molecule has 1 unspecified atom stereocenters. The van der Waals surface area contributed by atoms with E-state index in [1.807, 2.05) is 4.90 Å². The van der Waals surface area contributed by atoms with E-state index in [1.54, 1.807) is 0 Å². The van der Waals surface area contributed by atoms with E-state index in [0.717, 1.165) is 45.2 Å². The second-order valence-corrected chi connectivity index (χ2v) is 7.88. The molecule has 1 aromatic carbocycles. The number of carbonyl (C=O) groups is 3. The number of aromatic carboxylic acids is 1. The Morgan fingerprint density at radius 3 is 2.61 bits per heavy atom. The quantitative estimate of drug-likeness (QED) is 0.509. The highest BCUT2D eigenvalue weighted by Crippen LogP contribution is 2.25. The van der Waals surface area contributed by atoms with E-state index in [0.29, 0.717) is 31.0 Å². The van der Waals surface area contributed by atoms with Gasteiger partial charge in [-0.2, -0.15) is 0 Å². The van der Waals surface area contributed by atoms with Gasteiger partial charge in [-0.15, -0.1) is 0 Å². The largest absolute Gasteiger partial charge is 0.478 e. The van der Waals surface area contributed by atoms with Crippen LogP contribution in [0.2, 0.25) is 0 Å². The van der Waals surface area contributed by atoms with Crippen LogP contribution in [-0.4, -0.2) is 53.8 Å². The number of carbonyl (C=O) groups excluding carboxylic acids is 2. The van der Waals surface area contributed by atoms with Gasteiger partial charge in [0.15, 0.2) is 5.78 Å². The molecule has 2 aliphatic heterocycles. The predicted octanol–water partition coefficient (Wildman–Crippen LogP) is 2.17. The molecule has 0 bridgehead atoms. The first-order chi connectivity index (χ1) is 13.5. The van der Waals surface area contributed by atoms with Gasteiger partial charge in [0.2, 0.25) is 5.91 Å². The molecule has 0 spiro atoms. The minimum atomic E-state index is -1.11. The van der Waals surface area contributed by atoms with Crippen LogP contribution >= 0.6 is 0 Å². The van der Waals surface area contributed by atoms with Crippen LogP contribution in [0.1, 0.15) is 59.2 Å². The Balaban J connectivity index is 1.57. The van der Waals surface area contributed by atoms with Crippen molar-refractivity contribution in [1.29, 1.82) is 0 Å². The van der Waals surface area contributed by atoms with Crippen molar-refractivity contribution in [2.75, 3.05) is 31.9 Å². The molecule has 1 atom stereocenters. The average Bonchev–Trinajstić information content (AvgIpc) is 2.72. The van der Waals surface area contributed by atoms with E-state index in [1.165, 1.54) is 18.2 Å². The first-order valence-corrected chi connectivity index (χ1v) is 10.1. The molecule has 7 heteroatoms. The number of hydrogen-bond donors (Lipinski definition) is 3. The number of nitrogens with two attached hydrogens (primary N) is 1. The van der Waals surface area contributed by atoms with Crippen molar-refractivity contribution in [2.45, 2.75) is 38.5 Å². The lowest BCUT2D eigenvalue weighted by Gasteiger charge is -2.33. The average molecular weight is 387 g/mol. The Labute approximate surface area is 165 Å². The van der Waals surface area contributed by atoms with E-state index >= 15 is 0 Å². The summed E-state index contributed by atoms with van der Waals surface area (Å²) in [6, 6.07) is 4.32. The number of nitrogens with zero attached hydrogens (tertiary/aromatic N) is 1. The Morgan fingerprint density at radius 2 is 1.93 bits per heavy atom.